The van der Waals surface area contributed by atoms with Gasteiger partial charge in [0.05, 0.1) is 13.2 Å². The predicted octanol–water partition coefficient (Wildman–Crippen LogP) is 1.82. The van der Waals surface area contributed by atoms with Gasteiger partial charge in [0.2, 0.25) is 0 Å². The molecule has 22 heavy (non-hydrogen) atoms. The zero-order chi connectivity index (χ0) is 15.0. The maximum absolute atomic E-state index is 5.42. The minimum Gasteiger partial charge on any atom is -0.379 e. The molecule has 0 radical (unpaired) electrons. The van der Waals surface area contributed by atoms with E-state index in [0.29, 0.717) is 0 Å². The second-order valence-corrected chi connectivity index (χ2v) is 5.46. The SMILES string of the molecule is c1ccc(N(CCN2CCOCC2)Cc2cncnc2)cc1. The molecule has 0 aliphatic carbocycles. The highest BCUT2D eigenvalue weighted by Gasteiger charge is 2.13. The van der Waals surface area contributed by atoms with Crippen LogP contribution in [0.3, 0.4) is 0 Å². The number of ether oxygens (including phenoxy) is 1. The maximum atomic E-state index is 5.42. The molecule has 0 saturated carbocycles. The minimum absolute atomic E-state index is 0.829. The van der Waals surface area contributed by atoms with Crippen molar-refractivity contribution < 1.29 is 4.74 Å². The standard InChI is InChI=1S/C17H22N4O/c1-2-4-17(5-3-1)21(14-16-12-18-15-19-13-16)7-6-20-8-10-22-11-9-20/h1-5,12-13,15H,6-11,14H2. The van der Waals surface area contributed by atoms with Gasteiger partial charge in [0.15, 0.2) is 0 Å². The van der Waals surface area contributed by atoms with Gasteiger partial charge in [-0.3, -0.25) is 4.90 Å². The van der Waals surface area contributed by atoms with Gasteiger partial charge in [-0.1, -0.05) is 18.2 Å². The maximum Gasteiger partial charge on any atom is 0.115 e. The number of rotatable bonds is 6. The molecule has 0 unspecified atom stereocenters. The molecule has 2 aromatic rings. The van der Waals surface area contributed by atoms with Gasteiger partial charge in [-0.2, -0.15) is 0 Å². The third-order valence-electron chi connectivity index (χ3n) is 3.90. The fourth-order valence-electron chi connectivity index (χ4n) is 2.66. The van der Waals surface area contributed by atoms with E-state index in [9.17, 15) is 0 Å². The number of morpholine rings is 1. The average molecular weight is 298 g/mol. The fraction of sp³-hybridized carbons (Fsp3) is 0.412. The minimum atomic E-state index is 0.829. The van der Waals surface area contributed by atoms with E-state index in [1.54, 1.807) is 6.33 Å². The summed E-state index contributed by atoms with van der Waals surface area (Å²) in [6.07, 6.45) is 5.35. The van der Waals surface area contributed by atoms with Gasteiger partial charge in [0.1, 0.15) is 6.33 Å². The van der Waals surface area contributed by atoms with Crippen molar-refractivity contribution in [1.82, 2.24) is 14.9 Å². The zero-order valence-electron chi connectivity index (χ0n) is 12.8. The topological polar surface area (TPSA) is 41.5 Å². The molecule has 3 rings (SSSR count). The number of hydrogen-bond donors (Lipinski definition) is 0. The highest BCUT2D eigenvalue weighted by molar-refractivity contribution is 5.46. The molecular formula is C17H22N4O. The van der Waals surface area contributed by atoms with Crippen molar-refractivity contribution in [1.29, 1.82) is 0 Å². The van der Waals surface area contributed by atoms with Crippen molar-refractivity contribution in [2.45, 2.75) is 6.54 Å². The van der Waals surface area contributed by atoms with E-state index in [4.69, 9.17) is 4.74 Å². The van der Waals surface area contributed by atoms with Crippen LogP contribution < -0.4 is 4.90 Å². The first-order valence-corrected chi connectivity index (χ1v) is 7.76. The van der Waals surface area contributed by atoms with E-state index in [2.05, 4.69) is 50.1 Å². The summed E-state index contributed by atoms with van der Waals surface area (Å²) in [6, 6.07) is 10.5. The Morgan fingerprint density at radius 2 is 1.77 bits per heavy atom. The number of nitrogens with zero attached hydrogens (tertiary/aromatic N) is 4. The lowest BCUT2D eigenvalue weighted by atomic mass is 10.2. The van der Waals surface area contributed by atoms with E-state index in [-0.39, 0.29) is 0 Å². The van der Waals surface area contributed by atoms with Gasteiger partial charge in [0.25, 0.3) is 0 Å². The molecule has 5 heteroatoms. The first-order chi connectivity index (χ1) is 10.9. The molecular weight excluding hydrogens is 276 g/mol. The highest BCUT2D eigenvalue weighted by Crippen LogP contribution is 2.16. The van der Waals surface area contributed by atoms with Gasteiger partial charge in [-0.05, 0) is 12.1 Å². The third-order valence-corrected chi connectivity index (χ3v) is 3.90. The Morgan fingerprint density at radius 1 is 1.05 bits per heavy atom. The molecule has 0 N–H and O–H groups in total. The van der Waals surface area contributed by atoms with Gasteiger partial charge in [-0.15, -0.1) is 0 Å². The van der Waals surface area contributed by atoms with Crippen molar-refractivity contribution in [3.8, 4) is 0 Å². The number of hydrogen-bond acceptors (Lipinski definition) is 5. The van der Waals surface area contributed by atoms with Gasteiger partial charge >= 0.3 is 0 Å². The molecule has 1 aromatic carbocycles. The van der Waals surface area contributed by atoms with Crippen molar-refractivity contribution in [2.75, 3.05) is 44.3 Å². The van der Waals surface area contributed by atoms with Crippen molar-refractivity contribution in [3.63, 3.8) is 0 Å². The van der Waals surface area contributed by atoms with E-state index in [0.717, 1.165) is 51.5 Å². The first kappa shape index (κ1) is 14.9. The van der Waals surface area contributed by atoms with E-state index < -0.39 is 0 Å². The molecule has 1 aliphatic rings. The van der Waals surface area contributed by atoms with Crippen LogP contribution in [-0.2, 0) is 11.3 Å². The van der Waals surface area contributed by atoms with Gasteiger partial charge in [0, 0.05) is 56.4 Å². The lowest BCUT2D eigenvalue weighted by molar-refractivity contribution is 0.0391. The van der Waals surface area contributed by atoms with Gasteiger partial charge in [-0.25, -0.2) is 9.97 Å². The molecule has 2 heterocycles. The van der Waals surface area contributed by atoms with Crippen LogP contribution in [0, 0.1) is 0 Å². The predicted molar refractivity (Wildman–Crippen MR) is 86.8 cm³/mol. The van der Waals surface area contributed by atoms with Crippen molar-refractivity contribution in [2.24, 2.45) is 0 Å². The number of anilines is 1. The fourth-order valence-corrected chi connectivity index (χ4v) is 2.66. The summed E-state index contributed by atoms with van der Waals surface area (Å²) in [4.78, 5) is 13.1. The summed E-state index contributed by atoms with van der Waals surface area (Å²) in [5, 5.41) is 0. The normalized spacial score (nSPS) is 15.6. The molecule has 0 atom stereocenters. The lowest BCUT2D eigenvalue weighted by Gasteiger charge is -2.31. The Balaban J connectivity index is 1.66. The zero-order valence-corrected chi connectivity index (χ0v) is 12.8. The number of benzene rings is 1. The summed E-state index contributed by atoms with van der Waals surface area (Å²) < 4.78 is 5.42. The van der Waals surface area contributed by atoms with Crippen LogP contribution in [0.25, 0.3) is 0 Å². The Labute approximate surface area is 131 Å². The summed E-state index contributed by atoms with van der Waals surface area (Å²) in [5.41, 5.74) is 2.37. The van der Waals surface area contributed by atoms with Crippen LogP contribution in [0.2, 0.25) is 0 Å². The second kappa shape index (κ2) is 7.87. The molecule has 0 spiro atoms. The van der Waals surface area contributed by atoms with Crippen LogP contribution in [0.4, 0.5) is 5.69 Å². The first-order valence-electron chi connectivity index (χ1n) is 7.76. The summed E-state index contributed by atoms with van der Waals surface area (Å²) in [7, 11) is 0. The molecule has 1 aromatic heterocycles. The molecule has 1 saturated heterocycles. The lowest BCUT2D eigenvalue weighted by Crippen LogP contribution is -2.41. The Bertz CT molecular complexity index is 543. The van der Waals surface area contributed by atoms with E-state index in [1.165, 1.54) is 5.69 Å². The summed E-state index contributed by atoms with van der Waals surface area (Å²) >= 11 is 0. The van der Waals surface area contributed by atoms with Crippen molar-refractivity contribution >= 4 is 5.69 Å². The van der Waals surface area contributed by atoms with Crippen LogP contribution in [0.1, 0.15) is 5.56 Å². The number of aromatic nitrogens is 2. The van der Waals surface area contributed by atoms with Crippen LogP contribution in [0.15, 0.2) is 49.1 Å². The Kier molecular flexibility index (Phi) is 5.34. The van der Waals surface area contributed by atoms with Crippen LogP contribution in [-0.4, -0.2) is 54.3 Å². The van der Waals surface area contributed by atoms with E-state index in [1.807, 2.05) is 12.4 Å². The number of para-hydroxylation sites is 1. The Morgan fingerprint density at radius 3 is 2.50 bits per heavy atom. The summed E-state index contributed by atoms with van der Waals surface area (Å²) in [5.74, 6) is 0. The smallest absolute Gasteiger partial charge is 0.115 e. The average Bonchev–Trinajstić information content (AvgIpc) is 2.61. The monoisotopic (exact) mass is 298 g/mol. The quantitative estimate of drug-likeness (QED) is 0.813. The molecule has 1 aliphatic heterocycles. The van der Waals surface area contributed by atoms with Gasteiger partial charge < -0.3 is 9.64 Å². The van der Waals surface area contributed by atoms with Crippen LogP contribution >= 0.6 is 0 Å². The molecule has 5 nitrogen and oxygen atoms in total. The summed E-state index contributed by atoms with van der Waals surface area (Å²) in [6.45, 7) is 6.60. The highest BCUT2D eigenvalue weighted by atomic mass is 16.5. The third kappa shape index (κ3) is 4.26. The largest absolute Gasteiger partial charge is 0.379 e. The van der Waals surface area contributed by atoms with Crippen LogP contribution in [0.5, 0.6) is 0 Å². The molecule has 0 amide bonds. The van der Waals surface area contributed by atoms with E-state index >= 15 is 0 Å². The molecule has 116 valence electrons. The second-order valence-electron chi connectivity index (χ2n) is 5.46. The molecule has 0 bridgehead atoms. The van der Waals surface area contributed by atoms with Crippen molar-refractivity contribution in [3.05, 3.63) is 54.6 Å². The Hall–Kier alpha value is -1.98. The molecule has 1 fully saturated rings.